The van der Waals surface area contributed by atoms with E-state index in [0.29, 0.717) is 5.75 Å². The normalized spacial score (nSPS) is 16.7. The zero-order chi connectivity index (χ0) is 16.1. The van der Waals surface area contributed by atoms with Crippen molar-refractivity contribution in [3.8, 4) is 0 Å². The fourth-order valence-corrected chi connectivity index (χ4v) is 4.05. The van der Waals surface area contributed by atoms with Crippen LogP contribution in [0.2, 0.25) is 0 Å². The number of halogens is 1. The van der Waals surface area contributed by atoms with Crippen molar-refractivity contribution in [3.63, 3.8) is 0 Å². The average molecular weight is 390 g/mol. The molecule has 120 valence electrons. The highest BCUT2D eigenvalue weighted by atomic mass is 79.9. The Labute approximate surface area is 150 Å². The van der Waals surface area contributed by atoms with Crippen LogP contribution in [0.25, 0.3) is 0 Å². The number of fused-ring (bicyclic) bond motifs is 1. The van der Waals surface area contributed by atoms with E-state index in [1.54, 1.807) is 11.8 Å². The lowest BCUT2D eigenvalue weighted by Crippen LogP contribution is -2.32. The Morgan fingerprint density at radius 2 is 1.96 bits per heavy atom. The Balaban J connectivity index is 1.49. The van der Waals surface area contributed by atoms with Gasteiger partial charge >= 0.3 is 0 Å². The molecule has 2 nitrogen and oxygen atoms in total. The molecule has 1 N–H and O–H groups in total. The number of benzene rings is 2. The molecule has 0 fully saturated rings. The van der Waals surface area contributed by atoms with E-state index in [-0.39, 0.29) is 11.9 Å². The van der Waals surface area contributed by atoms with Gasteiger partial charge in [0.15, 0.2) is 0 Å². The van der Waals surface area contributed by atoms with E-state index >= 15 is 0 Å². The summed E-state index contributed by atoms with van der Waals surface area (Å²) in [7, 11) is 0. The second-order valence-electron chi connectivity index (χ2n) is 5.83. The Hall–Kier alpha value is -1.26. The molecule has 0 heterocycles. The maximum Gasteiger partial charge on any atom is 0.230 e. The fourth-order valence-electron chi connectivity index (χ4n) is 2.98. The van der Waals surface area contributed by atoms with Gasteiger partial charge in [0.25, 0.3) is 0 Å². The van der Waals surface area contributed by atoms with Crippen LogP contribution in [0, 0.1) is 0 Å². The molecule has 4 heteroatoms. The molecule has 1 amide bonds. The number of carbonyl (C=O) groups excluding carboxylic acids is 1. The molecule has 1 aliphatic carbocycles. The van der Waals surface area contributed by atoms with Gasteiger partial charge in [-0.25, -0.2) is 0 Å². The van der Waals surface area contributed by atoms with Crippen LogP contribution in [0.15, 0.2) is 53.0 Å². The largest absolute Gasteiger partial charge is 0.349 e. The second-order valence-corrected chi connectivity index (χ2v) is 7.73. The van der Waals surface area contributed by atoms with Gasteiger partial charge in [-0.3, -0.25) is 4.79 Å². The smallest absolute Gasteiger partial charge is 0.230 e. The third-order valence-corrected chi connectivity index (χ3v) is 5.65. The van der Waals surface area contributed by atoms with Gasteiger partial charge < -0.3 is 5.32 Å². The zero-order valence-corrected chi connectivity index (χ0v) is 15.3. The summed E-state index contributed by atoms with van der Waals surface area (Å²) in [6.45, 7) is 0. The van der Waals surface area contributed by atoms with Gasteiger partial charge in [-0.2, -0.15) is 0 Å². The van der Waals surface area contributed by atoms with Crippen LogP contribution in [0.1, 0.15) is 35.6 Å². The summed E-state index contributed by atoms with van der Waals surface area (Å²) < 4.78 is 1.08. The first-order valence-electron chi connectivity index (χ1n) is 7.92. The first-order chi connectivity index (χ1) is 11.2. The van der Waals surface area contributed by atoms with Crippen molar-refractivity contribution in [1.82, 2.24) is 5.32 Å². The minimum Gasteiger partial charge on any atom is -0.349 e. The van der Waals surface area contributed by atoms with Crippen LogP contribution >= 0.6 is 27.7 Å². The monoisotopic (exact) mass is 389 g/mol. The molecule has 1 unspecified atom stereocenters. The quantitative estimate of drug-likeness (QED) is 0.789. The van der Waals surface area contributed by atoms with Crippen LogP contribution in [0.5, 0.6) is 0 Å². The predicted molar refractivity (Wildman–Crippen MR) is 101 cm³/mol. The van der Waals surface area contributed by atoms with Gasteiger partial charge in [0.2, 0.25) is 5.91 Å². The predicted octanol–water partition coefficient (Wildman–Crippen LogP) is 4.88. The minimum absolute atomic E-state index is 0.133. The van der Waals surface area contributed by atoms with Crippen molar-refractivity contribution < 1.29 is 4.79 Å². The van der Waals surface area contributed by atoms with Crippen LogP contribution < -0.4 is 5.32 Å². The molecule has 23 heavy (non-hydrogen) atoms. The molecular weight excluding hydrogens is 370 g/mol. The molecule has 0 aromatic heterocycles. The zero-order valence-electron chi connectivity index (χ0n) is 12.9. The Bertz CT molecular complexity index is 671. The molecule has 0 radical (unpaired) electrons. The Kier molecular flexibility index (Phi) is 5.79. The van der Waals surface area contributed by atoms with Crippen LogP contribution in [0.3, 0.4) is 0 Å². The third kappa shape index (κ3) is 4.61. The summed E-state index contributed by atoms with van der Waals surface area (Å²) in [6, 6.07) is 16.9. The van der Waals surface area contributed by atoms with Crippen molar-refractivity contribution in [2.75, 3.05) is 5.75 Å². The van der Waals surface area contributed by atoms with E-state index in [1.165, 1.54) is 16.7 Å². The summed E-state index contributed by atoms with van der Waals surface area (Å²) in [5, 5.41) is 3.20. The highest BCUT2D eigenvalue weighted by molar-refractivity contribution is 9.10. The molecule has 0 aliphatic heterocycles. The summed E-state index contributed by atoms with van der Waals surface area (Å²) in [6.07, 6.45) is 3.31. The third-order valence-electron chi connectivity index (χ3n) is 4.12. The van der Waals surface area contributed by atoms with Gasteiger partial charge in [-0.15, -0.1) is 11.8 Å². The van der Waals surface area contributed by atoms with E-state index in [2.05, 4.69) is 57.6 Å². The van der Waals surface area contributed by atoms with Crippen LogP contribution in [-0.2, 0) is 17.0 Å². The lowest BCUT2D eigenvalue weighted by atomic mass is 9.88. The molecule has 1 aliphatic rings. The maximum absolute atomic E-state index is 12.2. The highest BCUT2D eigenvalue weighted by Gasteiger charge is 2.21. The van der Waals surface area contributed by atoms with Gasteiger partial charge in [-0.05, 0) is 48.1 Å². The maximum atomic E-state index is 12.2. The molecule has 1 atom stereocenters. The van der Waals surface area contributed by atoms with E-state index in [4.69, 9.17) is 0 Å². The molecule has 0 saturated heterocycles. The number of carbonyl (C=O) groups is 1. The van der Waals surface area contributed by atoms with Crippen LogP contribution in [0.4, 0.5) is 0 Å². The molecule has 2 aromatic carbocycles. The summed E-state index contributed by atoms with van der Waals surface area (Å²) in [5.41, 5.74) is 3.92. The van der Waals surface area contributed by atoms with Crippen molar-refractivity contribution in [3.05, 3.63) is 69.7 Å². The molecule has 0 saturated carbocycles. The standard InChI is InChI=1S/C19H20BrNOS/c20-16-10-8-14(9-11-16)12-23-13-19(22)21-18-7-3-5-15-4-1-2-6-17(15)18/h1-2,4,6,8-11,18H,3,5,7,12-13H2,(H,21,22). The number of nitrogens with one attached hydrogen (secondary N) is 1. The Morgan fingerprint density at radius 1 is 1.17 bits per heavy atom. The molecule has 0 spiro atoms. The fraction of sp³-hybridized carbons (Fsp3) is 0.316. The number of thioether (sulfide) groups is 1. The van der Waals surface area contributed by atoms with E-state index < -0.39 is 0 Å². The SMILES string of the molecule is O=C(CSCc1ccc(Br)cc1)NC1CCCc2ccccc21. The van der Waals surface area contributed by atoms with Crippen molar-refractivity contribution >= 4 is 33.6 Å². The molecular formula is C19H20BrNOS. The van der Waals surface area contributed by atoms with Crippen molar-refractivity contribution in [2.45, 2.75) is 31.1 Å². The lowest BCUT2D eigenvalue weighted by molar-refractivity contribution is -0.119. The first-order valence-corrected chi connectivity index (χ1v) is 9.86. The van der Waals surface area contributed by atoms with Crippen LogP contribution in [-0.4, -0.2) is 11.7 Å². The minimum atomic E-state index is 0.133. The number of hydrogen-bond acceptors (Lipinski definition) is 2. The van der Waals surface area contributed by atoms with Crippen molar-refractivity contribution in [1.29, 1.82) is 0 Å². The Morgan fingerprint density at radius 3 is 2.78 bits per heavy atom. The second kappa shape index (κ2) is 8.02. The summed E-state index contributed by atoms with van der Waals surface area (Å²) >= 11 is 5.10. The number of rotatable bonds is 5. The highest BCUT2D eigenvalue weighted by Crippen LogP contribution is 2.29. The van der Waals surface area contributed by atoms with Gasteiger partial charge in [-0.1, -0.05) is 52.3 Å². The van der Waals surface area contributed by atoms with E-state index in [1.807, 2.05) is 12.1 Å². The van der Waals surface area contributed by atoms with Gasteiger partial charge in [0.1, 0.15) is 0 Å². The van der Waals surface area contributed by atoms with E-state index in [0.717, 1.165) is 29.5 Å². The molecule has 2 aromatic rings. The van der Waals surface area contributed by atoms with Crippen molar-refractivity contribution in [2.24, 2.45) is 0 Å². The molecule has 3 rings (SSSR count). The summed E-state index contributed by atoms with van der Waals surface area (Å²) in [4.78, 5) is 12.2. The topological polar surface area (TPSA) is 29.1 Å². The van der Waals surface area contributed by atoms with Gasteiger partial charge in [0, 0.05) is 10.2 Å². The number of amides is 1. The number of hydrogen-bond donors (Lipinski definition) is 1. The lowest BCUT2D eigenvalue weighted by Gasteiger charge is -2.26. The van der Waals surface area contributed by atoms with E-state index in [9.17, 15) is 4.79 Å². The number of aryl methyl sites for hydroxylation is 1. The average Bonchev–Trinajstić information content (AvgIpc) is 2.57. The summed E-state index contributed by atoms with van der Waals surface area (Å²) in [5.74, 6) is 1.50. The first kappa shape index (κ1) is 16.6. The molecule has 0 bridgehead atoms. The van der Waals surface area contributed by atoms with Gasteiger partial charge in [0.05, 0.1) is 11.8 Å².